The summed E-state index contributed by atoms with van der Waals surface area (Å²) in [5.41, 5.74) is 0.619. The van der Waals surface area contributed by atoms with Crippen molar-refractivity contribution < 1.29 is 22.7 Å². The summed E-state index contributed by atoms with van der Waals surface area (Å²) in [5, 5.41) is 3.05. The van der Waals surface area contributed by atoms with E-state index in [9.17, 15) is 18.0 Å². The van der Waals surface area contributed by atoms with Gasteiger partial charge in [0, 0.05) is 11.1 Å². The van der Waals surface area contributed by atoms with Gasteiger partial charge in [0.1, 0.15) is 0 Å². The van der Waals surface area contributed by atoms with Crippen LogP contribution in [0.25, 0.3) is 0 Å². The predicted molar refractivity (Wildman–Crippen MR) is 85.9 cm³/mol. The lowest BCUT2D eigenvalue weighted by atomic mass is 10.1. The Kier molecular flexibility index (Phi) is 5.64. The number of ether oxygens (including phenoxy) is 1. The van der Waals surface area contributed by atoms with Gasteiger partial charge in [0.15, 0.2) is 15.9 Å². The van der Waals surface area contributed by atoms with Crippen molar-refractivity contribution in [2.24, 2.45) is 0 Å². The van der Waals surface area contributed by atoms with Gasteiger partial charge in [0.25, 0.3) is 5.91 Å². The SMILES string of the molecule is C[C@H](OC(=O)Cc1ccccc1Cl)C(=O)N[C@@H]1CCS(=O)(=O)C1. The molecule has 1 aromatic rings. The number of carbonyl (C=O) groups is 2. The van der Waals surface area contributed by atoms with E-state index in [0.717, 1.165) is 0 Å². The molecule has 1 heterocycles. The molecule has 1 aliphatic rings. The average molecular weight is 360 g/mol. The van der Waals surface area contributed by atoms with Gasteiger partial charge in [-0.3, -0.25) is 9.59 Å². The maximum atomic E-state index is 12.0. The van der Waals surface area contributed by atoms with Crippen molar-refractivity contribution in [3.8, 4) is 0 Å². The average Bonchev–Trinajstić information content (AvgIpc) is 2.80. The summed E-state index contributed by atoms with van der Waals surface area (Å²) in [6.45, 7) is 1.45. The molecule has 1 aromatic carbocycles. The third-order valence-electron chi connectivity index (χ3n) is 3.55. The quantitative estimate of drug-likeness (QED) is 0.796. The summed E-state index contributed by atoms with van der Waals surface area (Å²) < 4.78 is 27.8. The van der Waals surface area contributed by atoms with E-state index in [0.29, 0.717) is 17.0 Å². The Morgan fingerprint density at radius 1 is 1.39 bits per heavy atom. The van der Waals surface area contributed by atoms with Gasteiger partial charge in [-0.1, -0.05) is 29.8 Å². The van der Waals surface area contributed by atoms with Crippen LogP contribution < -0.4 is 5.32 Å². The van der Waals surface area contributed by atoms with Crippen LogP contribution in [0.15, 0.2) is 24.3 Å². The number of sulfone groups is 1. The zero-order valence-corrected chi connectivity index (χ0v) is 14.2. The molecule has 1 amide bonds. The minimum Gasteiger partial charge on any atom is -0.452 e. The lowest BCUT2D eigenvalue weighted by Gasteiger charge is -2.16. The monoisotopic (exact) mass is 359 g/mol. The maximum absolute atomic E-state index is 12.0. The van der Waals surface area contributed by atoms with Gasteiger partial charge in [-0.25, -0.2) is 8.42 Å². The minimum atomic E-state index is -3.07. The Morgan fingerprint density at radius 3 is 2.70 bits per heavy atom. The van der Waals surface area contributed by atoms with Crippen molar-refractivity contribution in [2.45, 2.75) is 31.9 Å². The van der Waals surface area contributed by atoms with Gasteiger partial charge in [-0.05, 0) is 25.0 Å². The topological polar surface area (TPSA) is 89.5 Å². The molecule has 0 unspecified atom stereocenters. The van der Waals surface area contributed by atoms with Crippen molar-refractivity contribution >= 4 is 33.3 Å². The van der Waals surface area contributed by atoms with Gasteiger partial charge in [0.2, 0.25) is 0 Å². The van der Waals surface area contributed by atoms with E-state index in [4.69, 9.17) is 16.3 Å². The molecule has 0 aromatic heterocycles. The largest absolute Gasteiger partial charge is 0.452 e. The third kappa shape index (κ3) is 5.21. The fraction of sp³-hybridized carbons (Fsp3) is 0.467. The second kappa shape index (κ2) is 7.31. The highest BCUT2D eigenvalue weighted by Crippen LogP contribution is 2.16. The highest BCUT2D eigenvalue weighted by Gasteiger charge is 2.30. The summed E-state index contributed by atoms with van der Waals surface area (Å²) in [5.74, 6) is -1.07. The zero-order chi connectivity index (χ0) is 17.0. The highest BCUT2D eigenvalue weighted by atomic mass is 35.5. The summed E-state index contributed by atoms with van der Waals surface area (Å²) in [4.78, 5) is 23.8. The van der Waals surface area contributed by atoms with Crippen LogP contribution in [0, 0.1) is 0 Å². The van der Waals surface area contributed by atoms with E-state index in [1.807, 2.05) is 0 Å². The fourth-order valence-electron chi connectivity index (χ4n) is 2.32. The number of carbonyl (C=O) groups excluding carboxylic acids is 2. The predicted octanol–water partition coefficient (Wildman–Crippen LogP) is 1.12. The van der Waals surface area contributed by atoms with E-state index in [-0.39, 0.29) is 17.9 Å². The number of hydrogen-bond donors (Lipinski definition) is 1. The normalized spacial score (nSPS) is 20.7. The Labute approximate surface area is 140 Å². The van der Waals surface area contributed by atoms with Gasteiger partial charge in [-0.15, -0.1) is 0 Å². The standard InChI is InChI=1S/C15H18ClNO5S/c1-10(15(19)17-12-6-7-23(20,21)9-12)22-14(18)8-11-4-2-3-5-13(11)16/h2-5,10,12H,6-9H2,1H3,(H,17,19)/t10-,12+/m0/s1. The summed E-state index contributed by atoms with van der Waals surface area (Å²) >= 11 is 5.96. The molecule has 1 N–H and O–H groups in total. The molecule has 0 aliphatic carbocycles. The van der Waals surface area contributed by atoms with Crippen molar-refractivity contribution in [2.75, 3.05) is 11.5 Å². The summed E-state index contributed by atoms with van der Waals surface area (Å²) in [7, 11) is -3.07. The molecule has 2 atom stereocenters. The minimum absolute atomic E-state index is 0.0326. The van der Waals surface area contributed by atoms with E-state index in [1.165, 1.54) is 6.92 Å². The lowest BCUT2D eigenvalue weighted by Crippen LogP contribution is -2.42. The maximum Gasteiger partial charge on any atom is 0.311 e. The molecular formula is C15H18ClNO5S. The number of nitrogens with one attached hydrogen (secondary N) is 1. The second-order valence-electron chi connectivity index (χ2n) is 5.51. The van der Waals surface area contributed by atoms with E-state index >= 15 is 0 Å². The molecular weight excluding hydrogens is 342 g/mol. The second-order valence-corrected chi connectivity index (χ2v) is 8.14. The van der Waals surface area contributed by atoms with E-state index < -0.39 is 33.9 Å². The first-order valence-corrected chi connectivity index (χ1v) is 9.40. The molecule has 0 bridgehead atoms. The first-order chi connectivity index (χ1) is 10.8. The fourth-order valence-corrected chi connectivity index (χ4v) is 4.19. The van der Waals surface area contributed by atoms with Crippen molar-refractivity contribution in [1.29, 1.82) is 0 Å². The van der Waals surface area contributed by atoms with Crippen LogP contribution in [-0.2, 0) is 30.6 Å². The Morgan fingerprint density at radius 2 is 2.09 bits per heavy atom. The first-order valence-electron chi connectivity index (χ1n) is 7.20. The van der Waals surface area contributed by atoms with Gasteiger partial charge < -0.3 is 10.1 Å². The van der Waals surface area contributed by atoms with Gasteiger partial charge in [0.05, 0.1) is 17.9 Å². The lowest BCUT2D eigenvalue weighted by molar-refractivity contribution is -0.154. The number of amides is 1. The molecule has 2 rings (SSSR count). The molecule has 6 nitrogen and oxygen atoms in total. The number of benzene rings is 1. The van der Waals surface area contributed by atoms with Gasteiger partial charge in [-0.2, -0.15) is 0 Å². The molecule has 0 saturated carbocycles. The smallest absolute Gasteiger partial charge is 0.311 e. The van der Waals surface area contributed by atoms with Crippen LogP contribution in [0.2, 0.25) is 5.02 Å². The molecule has 0 radical (unpaired) electrons. The Hall–Kier alpha value is -1.60. The van der Waals surface area contributed by atoms with Crippen molar-refractivity contribution in [3.63, 3.8) is 0 Å². The van der Waals surface area contributed by atoms with E-state index in [1.54, 1.807) is 24.3 Å². The number of rotatable bonds is 5. The molecule has 1 aliphatic heterocycles. The van der Waals surface area contributed by atoms with Crippen LogP contribution in [-0.4, -0.2) is 43.9 Å². The molecule has 1 saturated heterocycles. The molecule has 0 spiro atoms. The number of halogens is 1. The molecule has 23 heavy (non-hydrogen) atoms. The van der Waals surface area contributed by atoms with Crippen LogP contribution in [0.3, 0.4) is 0 Å². The van der Waals surface area contributed by atoms with Crippen LogP contribution >= 0.6 is 11.6 Å². The van der Waals surface area contributed by atoms with E-state index in [2.05, 4.69) is 5.32 Å². The number of esters is 1. The first kappa shape index (κ1) is 17.7. The summed E-state index contributed by atoms with van der Waals surface area (Å²) in [6.07, 6.45) is -0.642. The highest BCUT2D eigenvalue weighted by molar-refractivity contribution is 7.91. The van der Waals surface area contributed by atoms with Crippen molar-refractivity contribution in [1.82, 2.24) is 5.32 Å². The van der Waals surface area contributed by atoms with Crippen LogP contribution in [0.1, 0.15) is 18.9 Å². The summed E-state index contributed by atoms with van der Waals surface area (Å²) in [6, 6.07) is 6.46. The third-order valence-corrected chi connectivity index (χ3v) is 5.69. The van der Waals surface area contributed by atoms with Crippen LogP contribution in [0.4, 0.5) is 0 Å². The van der Waals surface area contributed by atoms with Gasteiger partial charge >= 0.3 is 5.97 Å². The Bertz CT molecular complexity index is 704. The zero-order valence-electron chi connectivity index (χ0n) is 12.6. The Balaban J connectivity index is 1.84. The molecule has 126 valence electrons. The number of hydrogen-bond acceptors (Lipinski definition) is 5. The molecule has 8 heteroatoms. The molecule has 1 fully saturated rings. The van der Waals surface area contributed by atoms with Crippen LogP contribution in [0.5, 0.6) is 0 Å². The van der Waals surface area contributed by atoms with Crippen molar-refractivity contribution in [3.05, 3.63) is 34.9 Å².